The van der Waals surface area contributed by atoms with Crippen LogP contribution in [0.3, 0.4) is 0 Å². The van der Waals surface area contributed by atoms with Crippen LogP contribution < -0.4 is 10.9 Å². The molecule has 0 radical (unpaired) electrons. The zero-order chi connectivity index (χ0) is 15.9. The third-order valence-corrected chi connectivity index (χ3v) is 4.17. The number of pyridine rings is 1. The van der Waals surface area contributed by atoms with Crippen molar-refractivity contribution in [3.05, 3.63) is 46.4 Å². The molecule has 3 rings (SSSR count). The molecule has 2 aromatic rings. The summed E-state index contributed by atoms with van der Waals surface area (Å²) in [6.45, 7) is 4.14. The monoisotopic (exact) mass is 298 g/mol. The van der Waals surface area contributed by atoms with Crippen LogP contribution in [0, 0.1) is 0 Å². The first-order chi connectivity index (χ1) is 10.5. The Morgan fingerprint density at radius 3 is 2.64 bits per heavy atom. The average Bonchev–Trinajstić information content (AvgIpc) is 2.48. The molecular formula is C17H18N2O3. The van der Waals surface area contributed by atoms with Gasteiger partial charge >= 0.3 is 0 Å². The lowest BCUT2D eigenvalue weighted by molar-refractivity contribution is -0.135. The van der Waals surface area contributed by atoms with E-state index in [0.717, 1.165) is 10.9 Å². The van der Waals surface area contributed by atoms with Crippen molar-refractivity contribution in [1.82, 2.24) is 9.88 Å². The quantitative estimate of drug-likeness (QED) is 0.863. The number of nitrogens with zero attached hydrogens (tertiary/aromatic N) is 1. The van der Waals surface area contributed by atoms with E-state index in [0.29, 0.717) is 17.7 Å². The van der Waals surface area contributed by atoms with Gasteiger partial charge in [-0.1, -0.05) is 26.0 Å². The van der Waals surface area contributed by atoms with E-state index in [9.17, 15) is 14.4 Å². The molecule has 0 aliphatic carbocycles. The fourth-order valence-corrected chi connectivity index (χ4v) is 2.82. The maximum absolute atomic E-state index is 12.7. The van der Waals surface area contributed by atoms with Gasteiger partial charge in [-0.15, -0.1) is 0 Å². The Balaban J connectivity index is 2.11. The number of hydrogen-bond acceptors (Lipinski definition) is 3. The minimum Gasteiger partial charge on any atom is -0.302 e. The van der Waals surface area contributed by atoms with Crippen LogP contribution in [0.4, 0.5) is 0 Å². The molecule has 114 valence electrons. The molecule has 1 aromatic heterocycles. The van der Waals surface area contributed by atoms with Crippen LogP contribution in [0.15, 0.2) is 35.3 Å². The summed E-state index contributed by atoms with van der Waals surface area (Å²) in [5.74, 6) is -0.358. The molecule has 0 saturated carbocycles. The first-order valence-corrected chi connectivity index (χ1v) is 7.46. The summed E-state index contributed by atoms with van der Waals surface area (Å²) in [7, 11) is 0. The number of piperidine rings is 1. The molecule has 1 N–H and O–H groups in total. The Kier molecular flexibility index (Phi) is 3.56. The van der Waals surface area contributed by atoms with E-state index >= 15 is 0 Å². The number of aromatic nitrogens is 1. The molecule has 22 heavy (non-hydrogen) atoms. The van der Waals surface area contributed by atoms with Crippen molar-refractivity contribution in [3.8, 4) is 0 Å². The van der Waals surface area contributed by atoms with Crippen LogP contribution in [0.5, 0.6) is 0 Å². The molecule has 1 aromatic carbocycles. The molecule has 0 bridgehead atoms. The van der Waals surface area contributed by atoms with Gasteiger partial charge in [0.25, 0.3) is 5.56 Å². The lowest BCUT2D eigenvalue weighted by Crippen LogP contribution is -2.44. The van der Waals surface area contributed by atoms with E-state index in [2.05, 4.69) is 19.2 Å². The van der Waals surface area contributed by atoms with Crippen molar-refractivity contribution in [2.45, 2.75) is 38.6 Å². The molecule has 1 atom stereocenters. The number of fused-ring (bicyclic) bond motifs is 1. The number of nitrogens with one attached hydrogen (secondary N) is 1. The SMILES string of the molecule is CC(C)c1ccc2ccn(C3CCC(=O)NC3=O)c(=O)c2c1. The van der Waals surface area contributed by atoms with Crippen molar-refractivity contribution >= 4 is 22.6 Å². The first kappa shape index (κ1) is 14.5. The Hall–Kier alpha value is -2.43. The normalized spacial score (nSPS) is 18.8. The predicted octanol–water partition coefficient (Wildman–Crippen LogP) is 2.10. The maximum Gasteiger partial charge on any atom is 0.259 e. The minimum atomic E-state index is -0.614. The van der Waals surface area contributed by atoms with Gasteiger partial charge in [0, 0.05) is 18.0 Å². The molecule has 1 saturated heterocycles. The molecule has 1 fully saturated rings. The zero-order valence-electron chi connectivity index (χ0n) is 12.6. The molecule has 0 spiro atoms. The highest BCUT2D eigenvalue weighted by Crippen LogP contribution is 2.21. The summed E-state index contributed by atoms with van der Waals surface area (Å²) >= 11 is 0. The Morgan fingerprint density at radius 2 is 1.95 bits per heavy atom. The molecule has 5 nitrogen and oxygen atoms in total. The standard InChI is InChI=1S/C17H18N2O3/c1-10(2)12-4-3-11-7-8-19(17(22)13(11)9-12)14-5-6-15(20)18-16(14)21/h3-4,7-10,14H,5-6H2,1-2H3,(H,18,20,21). The summed E-state index contributed by atoms with van der Waals surface area (Å²) in [6, 6.07) is 7.07. The lowest BCUT2D eigenvalue weighted by Gasteiger charge is -2.23. The van der Waals surface area contributed by atoms with E-state index in [1.807, 2.05) is 24.3 Å². The Labute approximate surface area is 127 Å². The fraction of sp³-hybridized carbons (Fsp3) is 0.353. The summed E-state index contributed by atoms with van der Waals surface area (Å²) in [6.07, 6.45) is 2.26. The van der Waals surface area contributed by atoms with Crippen LogP contribution in [-0.2, 0) is 9.59 Å². The van der Waals surface area contributed by atoms with Gasteiger partial charge in [-0.3, -0.25) is 19.7 Å². The van der Waals surface area contributed by atoms with E-state index in [-0.39, 0.29) is 17.9 Å². The maximum atomic E-state index is 12.7. The highest BCUT2D eigenvalue weighted by molar-refractivity contribution is 5.99. The van der Waals surface area contributed by atoms with Gasteiger partial charge < -0.3 is 4.57 Å². The highest BCUT2D eigenvalue weighted by atomic mass is 16.2. The third-order valence-electron chi connectivity index (χ3n) is 4.17. The number of carbonyl (C=O) groups excluding carboxylic acids is 2. The smallest absolute Gasteiger partial charge is 0.259 e. The lowest BCUT2D eigenvalue weighted by atomic mass is 9.99. The number of carbonyl (C=O) groups is 2. The van der Waals surface area contributed by atoms with E-state index in [1.54, 1.807) is 6.20 Å². The molecular weight excluding hydrogens is 280 g/mol. The fourth-order valence-electron chi connectivity index (χ4n) is 2.82. The van der Waals surface area contributed by atoms with Crippen molar-refractivity contribution in [3.63, 3.8) is 0 Å². The predicted molar refractivity (Wildman–Crippen MR) is 83.7 cm³/mol. The largest absolute Gasteiger partial charge is 0.302 e. The summed E-state index contributed by atoms with van der Waals surface area (Å²) in [5.41, 5.74) is 0.903. The minimum absolute atomic E-state index is 0.186. The van der Waals surface area contributed by atoms with Crippen LogP contribution in [0.1, 0.15) is 44.2 Å². The number of benzene rings is 1. The molecule has 2 heterocycles. The van der Waals surface area contributed by atoms with Gasteiger partial charge in [0.1, 0.15) is 6.04 Å². The number of amides is 2. The van der Waals surface area contributed by atoms with Gasteiger partial charge in [-0.05, 0) is 35.4 Å². The van der Waals surface area contributed by atoms with Gasteiger partial charge in [-0.25, -0.2) is 0 Å². The highest BCUT2D eigenvalue weighted by Gasteiger charge is 2.28. The summed E-state index contributed by atoms with van der Waals surface area (Å²) < 4.78 is 1.44. The second kappa shape index (κ2) is 5.40. The van der Waals surface area contributed by atoms with Crippen LogP contribution in [0.25, 0.3) is 10.8 Å². The Morgan fingerprint density at radius 1 is 1.18 bits per heavy atom. The second-order valence-electron chi connectivity index (χ2n) is 6.00. The molecule has 1 aliphatic heterocycles. The van der Waals surface area contributed by atoms with E-state index in [1.165, 1.54) is 4.57 Å². The van der Waals surface area contributed by atoms with Crippen LogP contribution in [0.2, 0.25) is 0 Å². The average molecular weight is 298 g/mol. The summed E-state index contributed by atoms with van der Waals surface area (Å²) in [4.78, 5) is 36.0. The number of hydrogen-bond donors (Lipinski definition) is 1. The van der Waals surface area contributed by atoms with Crippen molar-refractivity contribution in [1.29, 1.82) is 0 Å². The van der Waals surface area contributed by atoms with Crippen molar-refractivity contribution in [2.24, 2.45) is 0 Å². The van der Waals surface area contributed by atoms with Crippen LogP contribution >= 0.6 is 0 Å². The number of rotatable bonds is 2. The second-order valence-corrected chi connectivity index (χ2v) is 6.00. The summed E-state index contributed by atoms with van der Waals surface area (Å²) in [5, 5.41) is 3.76. The zero-order valence-corrected chi connectivity index (χ0v) is 12.6. The Bertz CT molecular complexity index is 820. The molecule has 1 unspecified atom stereocenters. The van der Waals surface area contributed by atoms with E-state index < -0.39 is 11.9 Å². The molecule has 5 heteroatoms. The van der Waals surface area contributed by atoms with Gasteiger partial charge in [0.05, 0.1) is 0 Å². The van der Waals surface area contributed by atoms with Crippen LogP contribution in [-0.4, -0.2) is 16.4 Å². The van der Waals surface area contributed by atoms with Gasteiger partial charge in [0.2, 0.25) is 11.8 Å². The van der Waals surface area contributed by atoms with Crippen molar-refractivity contribution < 1.29 is 9.59 Å². The van der Waals surface area contributed by atoms with Gasteiger partial charge in [0.15, 0.2) is 0 Å². The third kappa shape index (κ3) is 2.43. The topological polar surface area (TPSA) is 68.2 Å². The van der Waals surface area contributed by atoms with Crippen molar-refractivity contribution in [2.75, 3.05) is 0 Å². The molecule has 2 amide bonds. The number of imide groups is 1. The van der Waals surface area contributed by atoms with Gasteiger partial charge in [-0.2, -0.15) is 0 Å². The molecule has 1 aliphatic rings. The first-order valence-electron chi connectivity index (χ1n) is 7.46. The van der Waals surface area contributed by atoms with E-state index in [4.69, 9.17) is 0 Å².